The van der Waals surface area contributed by atoms with Crippen molar-refractivity contribution in [1.29, 1.82) is 0 Å². The van der Waals surface area contributed by atoms with E-state index in [4.69, 9.17) is 18.0 Å². The summed E-state index contributed by atoms with van der Waals surface area (Å²) in [4.78, 5) is 10.9. The van der Waals surface area contributed by atoms with Gasteiger partial charge in [-0.15, -0.1) is 0 Å². The number of methoxy groups -OCH3 is 1. The third-order valence-corrected chi connectivity index (χ3v) is 4.39. The largest absolute Gasteiger partial charge is 0.469 e. The zero-order valence-corrected chi connectivity index (χ0v) is 11.8. The van der Waals surface area contributed by atoms with E-state index >= 15 is 0 Å². The molecule has 0 aromatic rings. The van der Waals surface area contributed by atoms with Crippen LogP contribution < -0.4 is 10.5 Å². The summed E-state index contributed by atoms with van der Waals surface area (Å²) in [7, 11) is -2.42. The lowest BCUT2D eigenvalue weighted by Gasteiger charge is -2.27. The van der Waals surface area contributed by atoms with Crippen LogP contribution in [0.5, 0.6) is 0 Å². The Kier molecular flexibility index (Phi) is 6.00. The van der Waals surface area contributed by atoms with Gasteiger partial charge in [0.2, 0.25) is 10.0 Å². The SMILES string of the molecule is CCC(C)(NS(=O)(=O)CCC(=O)OC)C(N)=S. The van der Waals surface area contributed by atoms with Crippen molar-refractivity contribution in [3.63, 3.8) is 0 Å². The van der Waals surface area contributed by atoms with Crippen molar-refractivity contribution in [2.75, 3.05) is 12.9 Å². The van der Waals surface area contributed by atoms with Crippen molar-refractivity contribution in [2.24, 2.45) is 5.73 Å². The minimum absolute atomic E-state index is 0.0710. The number of sulfonamides is 1. The zero-order chi connectivity index (χ0) is 13.7. The van der Waals surface area contributed by atoms with Crippen LogP contribution in [0.15, 0.2) is 0 Å². The van der Waals surface area contributed by atoms with Crippen LogP contribution >= 0.6 is 12.2 Å². The van der Waals surface area contributed by atoms with Crippen molar-refractivity contribution in [3.05, 3.63) is 0 Å². The summed E-state index contributed by atoms with van der Waals surface area (Å²) in [5, 5.41) is 0. The van der Waals surface area contributed by atoms with Gasteiger partial charge in [-0.3, -0.25) is 4.79 Å². The molecule has 0 radical (unpaired) electrons. The first-order valence-electron chi connectivity index (χ1n) is 5.05. The van der Waals surface area contributed by atoms with Gasteiger partial charge < -0.3 is 10.5 Å². The number of ether oxygens (including phenoxy) is 1. The topological polar surface area (TPSA) is 98.5 Å². The van der Waals surface area contributed by atoms with Crippen LogP contribution in [-0.2, 0) is 19.6 Å². The van der Waals surface area contributed by atoms with Gasteiger partial charge in [0.05, 0.1) is 29.8 Å². The number of thiocarbonyl (C=S) groups is 1. The van der Waals surface area contributed by atoms with Gasteiger partial charge in [0.15, 0.2) is 0 Å². The second-order valence-electron chi connectivity index (χ2n) is 3.80. The standard InChI is InChI=1S/C9H18N2O4S2/c1-4-9(2,8(10)16)11-17(13,14)6-5-7(12)15-3/h11H,4-6H2,1-3H3,(H2,10,16). The van der Waals surface area contributed by atoms with Gasteiger partial charge in [0, 0.05) is 0 Å². The van der Waals surface area contributed by atoms with E-state index in [0.29, 0.717) is 6.42 Å². The highest BCUT2D eigenvalue weighted by Gasteiger charge is 2.31. The summed E-state index contributed by atoms with van der Waals surface area (Å²) in [6.07, 6.45) is 0.225. The molecule has 0 amide bonds. The quantitative estimate of drug-likeness (QED) is 0.501. The van der Waals surface area contributed by atoms with Gasteiger partial charge in [0.25, 0.3) is 0 Å². The number of carbonyl (C=O) groups excluding carboxylic acids is 1. The van der Waals surface area contributed by atoms with E-state index in [1.54, 1.807) is 13.8 Å². The van der Waals surface area contributed by atoms with E-state index in [1.165, 1.54) is 7.11 Å². The average Bonchev–Trinajstić information content (AvgIpc) is 2.25. The van der Waals surface area contributed by atoms with Crippen LogP contribution in [0.4, 0.5) is 0 Å². The third-order valence-electron chi connectivity index (χ3n) is 2.43. The normalized spacial score (nSPS) is 15.0. The van der Waals surface area contributed by atoms with Crippen LogP contribution in [0.3, 0.4) is 0 Å². The van der Waals surface area contributed by atoms with E-state index in [2.05, 4.69) is 9.46 Å². The second kappa shape index (κ2) is 6.27. The second-order valence-corrected chi connectivity index (χ2v) is 6.08. The third kappa shape index (κ3) is 5.42. The minimum Gasteiger partial charge on any atom is -0.469 e. The molecule has 0 saturated heterocycles. The number of rotatable bonds is 7. The molecule has 1 unspecified atom stereocenters. The number of hydrogen-bond donors (Lipinski definition) is 2. The molecule has 1 atom stereocenters. The molecule has 0 rings (SSSR count). The minimum atomic E-state index is -3.62. The van der Waals surface area contributed by atoms with Gasteiger partial charge in [-0.25, -0.2) is 13.1 Å². The van der Waals surface area contributed by atoms with Gasteiger partial charge in [-0.2, -0.15) is 0 Å². The molecular weight excluding hydrogens is 264 g/mol. The van der Waals surface area contributed by atoms with Crippen molar-refractivity contribution < 1.29 is 17.9 Å². The van der Waals surface area contributed by atoms with E-state index < -0.39 is 21.5 Å². The van der Waals surface area contributed by atoms with Crippen LogP contribution in [0, 0.1) is 0 Å². The highest BCUT2D eigenvalue weighted by atomic mass is 32.2. The van der Waals surface area contributed by atoms with E-state index in [9.17, 15) is 13.2 Å². The Balaban J connectivity index is 4.64. The van der Waals surface area contributed by atoms with Crippen LogP contribution in [0.25, 0.3) is 0 Å². The molecule has 100 valence electrons. The Morgan fingerprint density at radius 2 is 2.06 bits per heavy atom. The summed E-state index contributed by atoms with van der Waals surface area (Å²) in [6.45, 7) is 3.37. The molecule has 0 aliphatic heterocycles. The first kappa shape index (κ1) is 16.3. The predicted octanol–water partition coefficient (Wildman–Crippen LogP) is -0.0763. The summed E-state index contributed by atoms with van der Waals surface area (Å²) >= 11 is 4.82. The molecule has 0 heterocycles. The summed E-state index contributed by atoms with van der Waals surface area (Å²) < 4.78 is 30.2. The lowest BCUT2D eigenvalue weighted by Crippen LogP contribution is -2.54. The van der Waals surface area contributed by atoms with Gasteiger partial charge in [-0.1, -0.05) is 19.1 Å². The first-order valence-corrected chi connectivity index (χ1v) is 7.11. The number of esters is 1. The van der Waals surface area contributed by atoms with Crippen molar-refractivity contribution in [2.45, 2.75) is 32.2 Å². The highest BCUT2D eigenvalue weighted by molar-refractivity contribution is 7.89. The molecule has 0 bridgehead atoms. The molecule has 3 N–H and O–H groups in total. The average molecular weight is 282 g/mol. The number of nitrogens with two attached hydrogens (primary N) is 1. The highest BCUT2D eigenvalue weighted by Crippen LogP contribution is 2.11. The fourth-order valence-corrected chi connectivity index (χ4v) is 2.75. The molecule has 6 nitrogen and oxygen atoms in total. The molecule has 0 aromatic carbocycles. The molecule has 0 aliphatic carbocycles. The maximum absolute atomic E-state index is 11.7. The lowest BCUT2D eigenvalue weighted by atomic mass is 10.0. The fourth-order valence-electron chi connectivity index (χ4n) is 1.01. The van der Waals surface area contributed by atoms with Crippen LogP contribution in [0.1, 0.15) is 26.7 Å². The summed E-state index contributed by atoms with van der Waals surface area (Å²) in [6, 6.07) is 0. The van der Waals surface area contributed by atoms with E-state index in [-0.39, 0.29) is 17.2 Å². The van der Waals surface area contributed by atoms with Crippen LogP contribution in [-0.4, -0.2) is 37.8 Å². The monoisotopic (exact) mass is 282 g/mol. The van der Waals surface area contributed by atoms with Gasteiger partial charge >= 0.3 is 5.97 Å². The van der Waals surface area contributed by atoms with E-state index in [1.807, 2.05) is 0 Å². The predicted molar refractivity (Wildman–Crippen MR) is 69.0 cm³/mol. The molecule has 8 heteroatoms. The van der Waals surface area contributed by atoms with Gasteiger partial charge in [0.1, 0.15) is 0 Å². The Hall–Kier alpha value is -0.730. The van der Waals surface area contributed by atoms with Crippen molar-refractivity contribution in [1.82, 2.24) is 4.72 Å². The Morgan fingerprint density at radius 1 is 1.53 bits per heavy atom. The van der Waals surface area contributed by atoms with Gasteiger partial charge in [-0.05, 0) is 13.3 Å². The molecular formula is C9H18N2O4S2. The summed E-state index contributed by atoms with van der Waals surface area (Å²) in [5.41, 5.74) is 4.52. The summed E-state index contributed by atoms with van der Waals surface area (Å²) in [5.74, 6) is -0.929. The smallest absolute Gasteiger partial charge is 0.306 e. The maximum atomic E-state index is 11.7. The molecule has 0 aromatic heterocycles. The number of carbonyl (C=O) groups is 1. The van der Waals surface area contributed by atoms with Crippen molar-refractivity contribution in [3.8, 4) is 0 Å². The Morgan fingerprint density at radius 3 is 2.41 bits per heavy atom. The molecule has 0 saturated carbocycles. The maximum Gasteiger partial charge on any atom is 0.306 e. The zero-order valence-electron chi connectivity index (χ0n) is 10.1. The van der Waals surface area contributed by atoms with Crippen molar-refractivity contribution >= 4 is 33.2 Å². The Bertz CT molecular complexity index is 394. The first-order chi connectivity index (χ1) is 7.67. The number of nitrogens with one attached hydrogen (secondary N) is 1. The number of hydrogen-bond acceptors (Lipinski definition) is 5. The fraction of sp³-hybridized carbons (Fsp3) is 0.778. The molecule has 17 heavy (non-hydrogen) atoms. The molecule has 0 spiro atoms. The van der Waals surface area contributed by atoms with E-state index in [0.717, 1.165) is 0 Å². The molecule has 0 fully saturated rings. The van der Waals surface area contributed by atoms with Crippen LogP contribution in [0.2, 0.25) is 0 Å². The molecule has 0 aliphatic rings. The lowest BCUT2D eigenvalue weighted by molar-refractivity contribution is -0.140. The Labute approximate surface area is 107 Å².